The second kappa shape index (κ2) is 8.71. The molecule has 110 valence electrons. The van der Waals surface area contributed by atoms with E-state index >= 15 is 0 Å². The van der Waals surface area contributed by atoms with Crippen LogP contribution in [-0.2, 0) is 9.53 Å². The van der Waals surface area contributed by atoms with Crippen molar-refractivity contribution in [1.29, 1.82) is 0 Å². The molecule has 7 nitrogen and oxygen atoms in total. The predicted octanol–water partition coefficient (Wildman–Crippen LogP) is -0.557. The number of hydrogen-bond acceptors (Lipinski definition) is 4. The van der Waals surface area contributed by atoms with Gasteiger partial charge >= 0.3 is 0 Å². The van der Waals surface area contributed by atoms with Crippen molar-refractivity contribution in [1.82, 2.24) is 15.6 Å². The van der Waals surface area contributed by atoms with Crippen molar-refractivity contribution in [3.05, 3.63) is 0 Å². The van der Waals surface area contributed by atoms with Crippen molar-refractivity contribution in [2.45, 2.75) is 32.2 Å². The standard InChI is InChI=1S/C12H25N5O2/c1-10(9-19-2)15-12(16-13)14-8-11(18)17-6-4-3-5-7-17/h10H,3-9,13H2,1-2H3,(H2,14,15,16). The zero-order valence-corrected chi connectivity index (χ0v) is 11.8. The lowest BCUT2D eigenvalue weighted by Crippen LogP contribution is -2.47. The monoisotopic (exact) mass is 271 g/mol. The van der Waals surface area contributed by atoms with E-state index in [9.17, 15) is 4.79 Å². The normalized spacial score (nSPS) is 18.1. The highest BCUT2D eigenvalue weighted by molar-refractivity contribution is 5.84. The van der Waals surface area contributed by atoms with Crippen LogP contribution in [0.25, 0.3) is 0 Å². The average Bonchev–Trinajstić information content (AvgIpc) is 2.44. The largest absolute Gasteiger partial charge is 0.383 e. The van der Waals surface area contributed by atoms with E-state index in [0.717, 1.165) is 25.9 Å². The first-order chi connectivity index (χ1) is 9.17. The molecule has 0 saturated carbocycles. The molecule has 19 heavy (non-hydrogen) atoms. The number of aliphatic imine (C=N–C) groups is 1. The summed E-state index contributed by atoms with van der Waals surface area (Å²) in [6.45, 7) is 4.29. The summed E-state index contributed by atoms with van der Waals surface area (Å²) >= 11 is 0. The first kappa shape index (κ1) is 15.7. The van der Waals surface area contributed by atoms with Gasteiger partial charge in [-0.1, -0.05) is 0 Å². The van der Waals surface area contributed by atoms with Gasteiger partial charge < -0.3 is 15.0 Å². The molecule has 0 aliphatic carbocycles. The molecule has 0 spiro atoms. The second-order valence-electron chi connectivity index (χ2n) is 4.75. The third kappa shape index (κ3) is 5.89. The number of carbonyl (C=O) groups is 1. The van der Waals surface area contributed by atoms with Gasteiger partial charge in [0.2, 0.25) is 11.9 Å². The quantitative estimate of drug-likeness (QED) is 0.270. The van der Waals surface area contributed by atoms with Gasteiger partial charge in [-0.3, -0.25) is 10.2 Å². The van der Waals surface area contributed by atoms with E-state index in [2.05, 4.69) is 15.7 Å². The molecule has 0 aromatic carbocycles. The van der Waals surface area contributed by atoms with Crippen LogP contribution in [0.5, 0.6) is 0 Å². The van der Waals surface area contributed by atoms with Gasteiger partial charge in [0, 0.05) is 26.2 Å². The van der Waals surface area contributed by atoms with Crippen LogP contribution in [0.15, 0.2) is 4.99 Å². The zero-order chi connectivity index (χ0) is 14.1. The summed E-state index contributed by atoms with van der Waals surface area (Å²) in [5, 5.41) is 3.04. The van der Waals surface area contributed by atoms with Crippen LogP contribution in [0.4, 0.5) is 0 Å². The Bertz CT molecular complexity index is 302. The summed E-state index contributed by atoms with van der Waals surface area (Å²) in [4.78, 5) is 18.0. The van der Waals surface area contributed by atoms with Gasteiger partial charge in [0.15, 0.2) is 0 Å². The molecule has 1 unspecified atom stereocenters. The van der Waals surface area contributed by atoms with Gasteiger partial charge in [-0.05, 0) is 26.2 Å². The number of piperidine rings is 1. The van der Waals surface area contributed by atoms with E-state index in [0.29, 0.717) is 12.6 Å². The predicted molar refractivity (Wildman–Crippen MR) is 74.5 cm³/mol. The Balaban J connectivity index is 2.40. The summed E-state index contributed by atoms with van der Waals surface area (Å²) in [5.74, 6) is 5.83. The fraction of sp³-hybridized carbons (Fsp3) is 0.833. The first-order valence-corrected chi connectivity index (χ1v) is 6.71. The highest BCUT2D eigenvalue weighted by atomic mass is 16.5. The van der Waals surface area contributed by atoms with Gasteiger partial charge in [0.25, 0.3) is 0 Å². The molecule has 0 aromatic heterocycles. The van der Waals surface area contributed by atoms with Gasteiger partial charge in [-0.15, -0.1) is 0 Å². The minimum absolute atomic E-state index is 0.0497. The Hall–Kier alpha value is -1.34. The molecule has 1 rings (SSSR count). The molecule has 1 saturated heterocycles. The van der Waals surface area contributed by atoms with Crippen molar-refractivity contribution in [2.24, 2.45) is 10.8 Å². The maximum atomic E-state index is 11.9. The highest BCUT2D eigenvalue weighted by Gasteiger charge is 2.16. The number of likely N-dealkylation sites (tertiary alicyclic amines) is 1. The topological polar surface area (TPSA) is 92.0 Å². The van der Waals surface area contributed by atoms with Crippen molar-refractivity contribution in [3.63, 3.8) is 0 Å². The highest BCUT2D eigenvalue weighted by Crippen LogP contribution is 2.08. The third-order valence-corrected chi connectivity index (χ3v) is 3.02. The summed E-state index contributed by atoms with van der Waals surface area (Å²) in [5.41, 5.74) is 2.46. The van der Waals surface area contributed by atoms with Crippen LogP contribution in [0.2, 0.25) is 0 Å². The number of hydrazine groups is 1. The van der Waals surface area contributed by atoms with Crippen LogP contribution in [0, 0.1) is 0 Å². The summed E-state index contributed by atoms with van der Waals surface area (Å²) < 4.78 is 5.01. The molecule has 1 amide bonds. The summed E-state index contributed by atoms with van der Waals surface area (Å²) in [6.07, 6.45) is 3.37. The molecule has 4 N–H and O–H groups in total. The summed E-state index contributed by atoms with van der Waals surface area (Å²) in [7, 11) is 1.63. The van der Waals surface area contributed by atoms with Crippen molar-refractivity contribution in [2.75, 3.05) is 33.4 Å². The van der Waals surface area contributed by atoms with Crippen LogP contribution in [0.1, 0.15) is 26.2 Å². The van der Waals surface area contributed by atoms with Gasteiger partial charge in [0.1, 0.15) is 6.54 Å². The molecule has 0 radical (unpaired) electrons. The maximum Gasteiger partial charge on any atom is 0.244 e. The van der Waals surface area contributed by atoms with Gasteiger partial charge in [-0.25, -0.2) is 10.8 Å². The number of nitrogens with one attached hydrogen (secondary N) is 2. The van der Waals surface area contributed by atoms with Crippen LogP contribution >= 0.6 is 0 Å². The number of nitrogens with two attached hydrogens (primary N) is 1. The van der Waals surface area contributed by atoms with Crippen molar-refractivity contribution < 1.29 is 9.53 Å². The fourth-order valence-electron chi connectivity index (χ4n) is 2.05. The van der Waals surface area contributed by atoms with Crippen LogP contribution in [0.3, 0.4) is 0 Å². The maximum absolute atomic E-state index is 11.9. The Kier molecular flexibility index (Phi) is 7.20. The number of carbonyl (C=O) groups excluding carboxylic acids is 1. The van der Waals surface area contributed by atoms with E-state index < -0.39 is 0 Å². The number of nitrogens with zero attached hydrogens (tertiary/aromatic N) is 2. The zero-order valence-electron chi connectivity index (χ0n) is 11.8. The van der Waals surface area contributed by atoms with E-state index in [1.807, 2.05) is 11.8 Å². The van der Waals surface area contributed by atoms with E-state index in [4.69, 9.17) is 10.6 Å². The fourth-order valence-corrected chi connectivity index (χ4v) is 2.05. The van der Waals surface area contributed by atoms with E-state index in [-0.39, 0.29) is 18.5 Å². The lowest BCUT2D eigenvalue weighted by Gasteiger charge is -2.26. The molecule has 1 aliphatic rings. The van der Waals surface area contributed by atoms with Crippen LogP contribution < -0.4 is 16.6 Å². The number of ether oxygens (including phenoxy) is 1. The average molecular weight is 271 g/mol. The number of methoxy groups -OCH3 is 1. The van der Waals surface area contributed by atoms with E-state index in [1.165, 1.54) is 6.42 Å². The number of rotatable bonds is 5. The number of guanidine groups is 1. The number of hydrogen-bond donors (Lipinski definition) is 3. The Morgan fingerprint density at radius 2 is 2.11 bits per heavy atom. The van der Waals surface area contributed by atoms with Gasteiger partial charge in [-0.2, -0.15) is 0 Å². The first-order valence-electron chi connectivity index (χ1n) is 6.71. The van der Waals surface area contributed by atoms with E-state index in [1.54, 1.807) is 7.11 Å². The summed E-state index contributed by atoms with van der Waals surface area (Å²) in [6, 6.07) is 0.0740. The molecule has 1 heterocycles. The van der Waals surface area contributed by atoms with Crippen LogP contribution in [-0.4, -0.2) is 56.2 Å². The number of amides is 1. The molecule has 7 heteroatoms. The third-order valence-electron chi connectivity index (χ3n) is 3.02. The molecular weight excluding hydrogens is 246 g/mol. The molecular formula is C12H25N5O2. The van der Waals surface area contributed by atoms with Crippen molar-refractivity contribution in [3.8, 4) is 0 Å². The lowest BCUT2D eigenvalue weighted by molar-refractivity contribution is -0.130. The van der Waals surface area contributed by atoms with Gasteiger partial charge in [0.05, 0.1) is 6.61 Å². The Morgan fingerprint density at radius 1 is 1.42 bits per heavy atom. The smallest absolute Gasteiger partial charge is 0.244 e. The minimum atomic E-state index is 0.0497. The Labute approximate surface area is 114 Å². The molecule has 1 fully saturated rings. The SMILES string of the molecule is COCC(C)NC(=NCC(=O)N1CCCCC1)NN. The second-order valence-corrected chi connectivity index (χ2v) is 4.75. The molecule has 1 aliphatic heterocycles. The molecule has 0 bridgehead atoms. The van der Waals surface area contributed by atoms with Crippen molar-refractivity contribution >= 4 is 11.9 Å². The molecule has 1 atom stereocenters. The molecule has 0 aromatic rings. The Morgan fingerprint density at radius 3 is 2.68 bits per heavy atom. The minimum Gasteiger partial charge on any atom is -0.383 e. The lowest BCUT2D eigenvalue weighted by atomic mass is 10.1.